The molecule has 0 aromatic heterocycles. The van der Waals surface area contributed by atoms with Gasteiger partial charge in [0.05, 0.1) is 6.61 Å². The molecule has 128 valence electrons. The zero-order valence-electron chi connectivity index (χ0n) is 13.2. The third kappa shape index (κ3) is 7.85. The van der Waals surface area contributed by atoms with Gasteiger partial charge in [-0.05, 0) is 18.1 Å². The Bertz CT molecular complexity index is 634. The first-order chi connectivity index (χ1) is 11.5. The average Bonchev–Trinajstić information content (AvgIpc) is 2.62. The van der Waals surface area contributed by atoms with Crippen molar-refractivity contribution in [2.45, 2.75) is 6.92 Å². The van der Waals surface area contributed by atoms with E-state index in [0.717, 1.165) is 6.08 Å². The summed E-state index contributed by atoms with van der Waals surface area (Å²) in [5, 5.41) is 0. The van der Waals surface area contributed by atoms with Crippen LogP contribution in [0.5, 0.6) is 0 Å². The van der Waals surface area contributed by atoms with Crippen LogP contribution in [0.2, 0.25) is 0 Å². The number of phosphoric ester groups is 1. The SMILES string of the molecule is C=CC(=O)OOP(=O)(O)OCC.c1ccc(-c2ccccc2)cc1. The highest BCUT2D eigenvalue weighted by Crippen LogP contribution is 2.43. The van der Waals surface area contributed by atoms with Crippen molar-refractivity contribution in [1.82, 2.24) is 0 Å². The molecule has 0 fully saturated rings. The van der Waals surface area contributed by atoms with Gasteiger partial charge in [-0.1, -0.05) is 71.9 Å². The van der Waals surface area contributed by atoms with E-state index in [1.54, 1.807) is 0 Å². The molecule has 6 nitrogen and oxygen atoms in total. The second-order valence-electron chi connectivity index (χ2n) is 4.30. The monoisotopic (exact) mass is 350 g/mol. The van der Waals surface area contributed by atoms with Crippen LogP contribution in [0.3, 0.4) is 0 Å². The average molecular weight is 350 g/mol. The van der Waals surface area contributed by atoms with Gasteiger partial charge in [-0.2, -0.15) is 0 Å². The highest BCUT2D eigenvalue weighted by molar-refractivity contribution is 7.47. The topological polar surface area (TPSA) is 82.1 Å². The minimum atomic E-state index is -4.25. The Labute approximate surface area is 140 Å². The minimum Gasteiger partial charge on any atom is -0.300 e. The van der Waals surface area contributed by atoms with Gasteiger partial charge < -0.3 is 4.89 Å². The zero-order chi connectivity index (χ0) is 17.8. The van der Waals surface area contributed by atoms with Crippen LogP contribution in [-0.2, 0) is 23.4 Å². The maximum absolute atomic E-state index is 10.6. The number of carbonyl (C=O) groups excluding carboxylic acids is 1. The fraction of sp³-hybridized carbons (Fsp3) is 0.118. The summed E-state index contributed by atoms with van der Waals surface area (Å²) in [6.45, 7) is 4.50. The highest BCUT2D eigenvalue weighted by atomic mass is 31.2. The molecule has 2 rings (SSSR count). The van der Waals surface area contributed by atoms with Crippen molar-refractivity contribution in [1.29, 1.82) is 0 Å². The lowest BCUT2D eigenvalue weighted by Gasteiger charge is -2.07. The molecule has 7 heteroatoms. The fourth-order valence-electron chi connectivity index (χ4n) is 1.56. The summed E-state index contributed by atoms with van der Waals surface area (Å²) >= 11 is 0. The lowest BCUT2D eigenvalue weighted by atomic mass is 10.1. The molecule has 1 N–H and O–H groups in total. The number of carbonyl (C=O) groups is 1. The molecule has 2 aromatic carbocycles. The molecule has 0 aliphatic heterocycles. The van der Waals surface area contributed by atoms with Crippen molar-refractivity contribution in [2.75, 3.05) is 6.61 Å². The molecule has 0 amide bonds. The Hall–Kier alpha value is -2.24. The standard InChI is InChI=1S/C12H10.C5H9O6P/c1-3-7-11(8-4-1)12-9-5-2-6-10-12;1-3-5(6)10-11-12(7,8)9-4-2/h1-10H;3H,1,4H2,2H3,(H,7,8). The van der Waals surface area contributed by atoms with Gasteiger partial charge in [-0.25, -0.2) is 9.36 Å². The quantitative estimate of drug-likeness (QED) is 0.365. The minimum absolute atomic E-state index is 0.0284. The molecule has 0 saturated heterocycles. The van der Waals surface area contributed by atoms with Gasteiger partial charge in [0.15, 0.2) is 0 Å². The van der Waals surface area contributed by atoms with Crippen molar-refractivity contribution in [2.24, 2.45) is 0 Å². The molecule has 1 unspecified atom stereocenters. The Balaban J connectivity index is 0.000000240. The van der Waals surface area contributed by atoms with E-state index in [0.29, 0.717) is 0 Å². The lowest BCUT2D eigenvalue weighted by molar-refractivity contribution is -0.217. The summed E-state index contributed by atoms with van der Waals surface area (Å²) in [5.74, 6) is -0.969. The van der Waals surface area contributed by atoms with Crippen LogP contribution < -0.4 is 0 Å². The van der Waals surface area contributed by atoms with Crippen LogP contribution in [0.1, 0.15) is 6.92 Å². The Morgan fingerprint density at radius 2 is 1.54 bits per heavy atom. The van der Waals surface area contributed by atoms with Gasteiger partial charge in [0.25, 0.3) is 0 Å². The van der Waals surface area contributed by atoms with Crippen molar-refractivity contribution >= 4 is 13.8 Å². The first-order valence-corrected chi connectivity index (χ1v) is 8.58. The Morgan fingerprint density at radius 3 is 1.92 bits per heavy atom. The molecule has 24 heavy (non-hydrogen) atoms. The van der Waals surface area contributed by atoms with Gasteiger partial charge in [0.2, 0.25) is 0 Å². The van der Waals surface area contributed by atoms with Gasteiger partial charge in [0, 0.05) is 6.08 Å². The third-order valence-corrected chi connectivity index (χ3v) is 3.40. The van der Waals surface area contributed by atoms with E-state index in [1.807, 2.05) is 12.1 Å². The van der Waals surface area contributed by atoms with Crippen LogP contribution >= 0.6 is 7.82 Å². The van der Waals surface area contributed by atoms with Crippen LogP contribution in [0.15, 0.2) is 73.3 Å². The summed E-state index contributed by atoms with van der Waals surface area (Å²) in [6, 6.07) is 20.8. The summed E-state index contributed by atoms with van der Waals surface area (Å²) in [4.78, 5) is 22.8. The Morgan fingerprint density at radius 1 is 1.08 bits per heavy atom. The molecular formula is C17H19O6P. The van der Waals surface area contributed by atoms with Crippen molar-refractivity contribution in [3.8, 4) is 11.1 Å². The van der Waals surface area contributed by atoms with E-state index in [9.17, 15) is 9.36 Å². The van der Waals surface area contributed by atoms with E-state index >= 15 is 0 Å². The maximum Gasteiger partial charge on any atom is 0.508 e. The van der Waals surface area contributed by atoms with Crippen molar-refractivity contribution < 1.29 is 28.3 Å². The number of benzene rings is 2. The highest BCUT2D eigenvalue weighted by Gasteiger charge is 2.23. The smallest absolute Gasteiger partial charge is 0.300 e. The molecule has 0 bridgehead atoms. The second-order valence-corrected chi connectivity index (χ2v) is 5.64. The molecule has 0 aliphatic carbocycles. The van der Waals surface area contributed by atoms with E-state index < -0.39 is 13.8 Å². The molecular weight excluding hydrogens is 331 g/mol. The number of hydrogen-bond donors (Lipinski definition) is 1. The number of hydrogen-bond acceptors (Lipinski definition) is 5. The molecule has 0 saturated carbocycles. The van der Waals surface area contributed by atoms with Gasteiger partial charge in [-0.15, -0.1) is 0 Å². The van der Waals surface area contributed by atoms with E-state index in [-0.39, 0.29) is 6.61 Å². The molecule has 2 aromatic rings. The lowest BCUT2D eigenvalue weighted by Crippen LogP contribution is -2.01. The summed E-state index contributed by atoms with van der Waals surface area (Å²) in [7, 11) is -4.25. The molecule has 1 atom stereocenters. The van der Waals surface area contributed by atoms with Gasteiger partial charge in [-0.3, -0.25) is 9.41 Å². The van der Waals surface area contributed by atoms with Crippen molar-refractivity contribution in [3.63, 3.8) is 0 Å². The first-order valence-electron chi connectivity index (χ1n) is 7.09. The maximum atomic E-state index is 10.6. The van der Waals surface area contributed by atoms with Crippen LogP contribution in [0.25, 0.3) is 11.1 Å². The number of phosphoric acid groups is 1. The van der Waals surface area contributed by atoms with Crippen LogP contribution in [0, 0.1) is 0 Å². The zero-order valence-corrected chi connectivity index (χ0v) is 14.1. The van der Waals surface area contributed by atoms with Gasteiger partial charge >= 0.3 is 13.8 Å². The van der Waals surface area contributed by atoms with Crippen LogP contribution in [0.4, 0.5) is 0 Å². The second kappa shape index (κ2) is 10.5. The van der Waals surface area contributed by atoms with E-state index in [4.69, 9.17) is 4.89 Å². The predicted octanol–water partition coefficient (Wildman–Crippen LogP) is 4.14. The number of rotatable bonds is 6. The summed E-state index contributed by atoms with van der Waals surface area (Å²) in [5.41, 5.74) is 2.55. The largest absolute Gasteiger partial charge is 0.508 e. The van der Waals surface area contributed by atoms with E-state index in [2.05, 4.69) is 69.2 Å². The molecule has 0 aliphatic rings. The normalized spacial score (nSPS) is 12.2. The first kappa shape index (κ1) is 19.8. The van der Waals surface area contributed by atoms with Crippen molar-refractivity contribution in [3.05, 3.63) is 73.3 Å². The molecule has 0 heterocycles. The van der Waals surface area contributed by atoms with Crippen LogP contribution in [-0.4, -0.2) is 17.5 Å². The molecule has 0 spiro atoms. The fourth-order valence-corrected chi connectivity index (χ4v) is 2.10. The predicted molar refractivity (Wildman–Crippen MR) is 90.7 cm³/mol. The third-order valence-electron chi connectivity index (χ3n) is 2.55. The summed E-state index contributed by atoms with van der Waals surface area (Å²) < 4.78 is 18.6. The summed E-state index contributed by atoms with van der Waals surface area (Å²) in [6.07, 6.45) is 0.784. The Kier molecular flexibility index (Phi) is 8.68. The van der Waals surface area contributed by atoms with Gasteiger partial charge in [0.1, 0.15) is 0 Å². The molecule has 0 radical (unpaired) electrons. The van der Waals surface area contributed by atoms with E-state index in [1.165, 1.54) is 18.1 Å².